The average molecular weight is 414 g/mol. The highest BCUT2D eigenvalue weighted by molar-refractivity contribution is 5.77. The van der Waals surface area contributed by atoms with E-state index >= 15 is 0 Å². The van der Waals surface area contributed by atoms with E-state index in [1.54, 1.807) is 0 Å². The number of aliphatic hydroxyl groups is 1. The number of hydrogen-bond acceptors (Lipinski definition) is 4. The highest BCUT2D eigenvalue weighted by Gasteiger charge is 2.43. The Balaban J connectivity index is 1.22. The van der Waals surface area contributed by atoms with Crippen LogP contribution in [0.1, 0.15) is 44.6 Å². The minimum Gasteiger partial charge on any atom is -0.391 e. The number of carbonyl (C=O) groups is 2. The Bertz CT molecular complexity index is 732. The first-order chi connectivity index (χ1) is 14.5. The van der Waals surface area contributed by atoms with E-state index in [2.05, 4.69) is 40.5 Å². The van der Waals surface area contributed by atoms with Crippen molar-refractivity contribution in [1.82, 2.24) is 15.1 Å². The fraction of sp³-hybridized carbons (Fsp3) is 0.667. The van der Waals surface area contributed by atoms with Crippen LogP contribution < -0.4 is 5.32 Å². The predicted molar refractivity (Wildman–Crippen MR) is 115 cm³/mol. The summed E-state index contributed by atoms with van der Waals surface area (Å²) in [6.07, 6.45) is 3.77. The van der Waals surface area contributed by atoms with Gasteiger partial charge in [0, 0.05) is 33.0 Å². The van der Waals surface area contributed by atoms with Gasteiger partial charge in [0.05, 0.1) is 12.1 Å². The van der Waals surface area contributed by atoms with Crippen molar-refractivity contribution in [3.63, 3.8) is 0 Å². The molecular weight excluding hydrogens is 378 g/mol. The molecule has 0 radical (unpaired) electrons. The molecule has 1 aromatic carbocycles. The molecule has 3 fully saturated rings. The summed E-state index contributed by atoms with van der Waals surface area (Å²) >= 11 is 0. The first-order valence-corrected chi connectivity index (χ1v) is 11.5. The van der Waals surface area contributed by atoms with Crippen LogP contribution in [0, 0.1) is 17.8 Å². The molecule has 2 amide bonds. The van der Waals surface area contributed by atoms with Gasteiger partial charge in [-0.05, 0) is 62.1 Å². The van der Waals surface area contributed by atoms with Gasteiger partial charge in [-0.1, -0.05) is 30.3 Å². The van der Waals surface area contributed by atoms with E-state index in [-0.39, 0.29) is 17.9 Å². The van der Waals surface area contributed by atoms with Crippen LogP contribution in [-0.2, 0) is 16.1 Å². The zero-order valence-corrected chi connectivity index (χ0v) is 18.0. The van der Waals surface area contributed by atoms with Crippen molar-refractivity contribution in [3.05, 3.63) is 35.9 Å². The number of amides is 2. The van der Waals surface area contributed by atoms with Gasteiger partial charge in [0.25, 0.3) is 0 Å². The van der Waals surface area contributed by atoms with Gasteiger partial charge in [0.1, 0.15) is 0 Å². The molecule has 30 heavy (non-hydrogen) atoms. The molecule has 3 aliphatic rings. The highest BCUT2D eigenvalue weighted by Crippen LogP contribution is 2.37. The van der Waals surface area contributed by atoms with Crippen molar-refractivity contribution in [1.29, 1.82) is 0 Å². The SMILES string of the molecule is CC(=O)N[C@@H]1C[C@@H]2CN(C(=O)CC3CCN(Cc4ccccc4)CC3)C[C@@H]2C[C@H]1O. The van der Waals surface area contributed by atoms with Crippen molar-refractivity contribution >= 4 is 11.8 Å². The lowest BCUT2D eigenvalue weighted by atomic mass is 9.77. The van der Waals surface area contributed by atoms with Crippen LogP contribution in [0.4, 0.5) is 0 Å². The summed E-state index contributed by atoms with van der Waals surface area (Å²) in [6, 6.07) is 10.4. The Hall–Kier alpha value is -1.92. The largest absolute Gasteiger partial charge is 0.391 e. The van der Waals surface area contributed by atoms with E-state index in [1.165, 1.54) is 12.5 Å². The van der Waals surface area contributed by atoms with Crippen LogP contribution in [0.3, 0.4) is 0 Å². The van der Waals surface area contributed by atoms with Crippen LogP contribution >= 0.6 is 0 Å². The third-order valence-electron chi connectivity index (χ3n) is 7.30. The fourth-order valence-corrected chi connectivity index (χ4v) is 5.62. The van der Waals surface area contributed by atoms with Crippen molar-refractivity contribution in [2.45, 2.75) is 57.7 Å². The smallest absolute Gasteiger partial charge is 0.222 e. The molecule has 2 N–H and O–H groups in total. The Morgan fingerprint density at radius 3 is 2.40 bits per heavy atom. The lowest BCUT2D eigenvalue weighted by molar-refractivity contribution is -0.131. The number of aliphatic hydroxyl groups excluding tert-OH is 1. The molecule has 1 aromatic rings. The maximum Gasteiger partial charge on any atom is 0.222 e. The molecule has 0 spiro atoms. The van der Waals surface area contributed by atoms with Gasteiger partial charge in [-0.2, -0.15) is 0 Å². The molecule has 0 unspecified atom stereocenters. The topological polar surface area (TPSA) is 72.9 Å². The minimum atomic E-state index is -0.501. The van der Waals surface area contributed by atoms with Crippen molar-refractivity contribution in [3.8, 4) is 0 Å². The number of nitrogens with one attached hydrogen (secondary N) is 1. The van der Waals surface area contributed by atoms with Gasteiger partial charge >= 0.3 is 0 Å². The molecule has 2 saturated heterocycles. The zero-order valence-electron chi connectivity index (χ0n) is 18.0. The Labute approximate surface area is 179 Å². The molecule has 4 rings (SSSR count). The number of carbonyl (C=O) groups excluding carboxylic acids is 2. The zero-order chi connectivity index (χ0) is 21.1. The number of likely N-dealkylation sites (tertiary alicyclic amines) is 2. The second kappa shape index (κ2) is 9.48. The first kappa shape index (κ1) is 21.3. The average Bonchev–Trinajstić information content (AvgIpc) is 3.13. The summed E-state index contributed by atoms with van der Waals surface area (Å²) < 4.78 is 0. The van der Waals surface area contributed by atoms with Gasteiger partial charge in [0.2, 0.25) is 11.8 Å². The molecule has 6 nitrogen and oxygen atoms in total. The van der Waals surface area contributed by atoms with E-state index in [9.17, 15) is 14.7 Å². The summed E-state index contributed by atoms with van der Waals surface area (Å²) in [5.41, 5.74) is 1.35. The summed E-state index contributed by atoms with van der Waals surface area (Å²) in [6.45, 7) is 6.15. The molecule has 4 atom stereocenters. The Kier molecular flexibility index (Phi) is 6.74. The number of piperidine rings is 1. The van der Waals surface area contributed by atoms with E-state index < -0.39 is 6.10 Å². The number of benzene rings is 1. The number of rotatable bonds is 5. The van der Waals surface area contributed by atoms with E-state index in [0.717, 1.165) is 52.0 Å². The summed E-state index contributed by atoms with van der Waals surface area (Å²) in [5.74, 6) is 1.41. The summed E-state index contributed by atoms with van der Waals surface area (Å²) in [7, 11) is 0. The number of hydrogen-bond donors (Lipinski definition) is 2. The molecule has 2 heterocycles. The van der Waals surface area contributed by atoms with Gasteiger partial charge in [0.15, 0.2) is 0 Å². The van der Waals surface area contributed by atoms with E-state index in [0.29, 0.717) is 30.6 Å². The van der Waals surface area contributed by atoms with Gasteiger partial charge in [-0.25, -0.2) is 0 Å². The fourth-order valence-electron chi connectivity index (χ4n) is 5.62. The molecule has 0 aromatic heterocycles. The van der Waals surface area contributed by atoms with E-state index in [1.807, 2.05) is 4.90 Å². The number of fused-ring (bicyclic) bond motifs is 1. The van der Waals surface area contributed by atoms with Crippen LogP contribution in [0.5, 0.6) is 0 Å². The second-order valence-corrected chi connectivity index (χ2v) is 9.57. The van der Waals surface area contributed by atoms with Gasteiger partial charge in [-0.15, -0.1) is 0 Å². The molecule has 1 saturated carbocycles. The monoisotopic (exact) mass is 413 g/mol. The lowest BCUT2D eigenvalue weighted by Gasteiger charge is -2.35. The Morgan fingerprint density at radius 1 is 1.07 bits per heavy atom. The van der Waals surface area contributed by atoms with Crippen molar-refractivity contribution < 1.29 is 14.7 Å². The molecule has 164 valence electrons. The Morgan fingerprint density at radius 2 is 1.73 bits per heavy atom. The molecular formula is C24H35N3O3. The highest BCUT2D eigenvalue weighted by atomic mass is 16.3. The quantitative estimate of drug-likeness (QED) is 0.775. The maximum absolute atomic E-state index is 13.0. The van der Waals surface area contributed by atoms with E-state index in [4.69, 9.17) is 0 Å². The molecule has 1 aliphatic carbocycles. The molecule has 0 bridgehead atoms. The maximum atomic E-state index is 13.0. The van der Waals surface area contributed by atoms with Crippen molar-refractivity contribution in [2.24, 2.45) is 17.8 Å². The van der Waals surface area contributed by atoms with Gasteiger partial charge in [-0.3, -0.25) is 14.5 Å². The first-order valence-electron chi connectivity index (χ1n) is 11.5. The molecule has 6 heteroatoms. The standard InChI is InChI=1S/C24H35N3O3/c1-17(28)25-22-12-20-15-27(16-21(20)13-23(22)29)24(30)11-18-7-9-26(10-8-18)14-19-5-3-2-4-6-19/h2-6,18,20-23,29H,7-16H2,1H3,(H,25,28)/t20-,21+,22-,23-/m1/s1. The summed E-state index contributed by atoms with van der Waals surface area (Å²) in [5, 5.41) is 13.2. The van der Waals surface area contributed by atoms with Crippen LogP contribution in [0.25, 0.3) is 0 Å². The second-order valence-electron chi connectivity index (χ2n) is 9.57. The third kappa shape index (κ3) is 5.22. The predicted octanol–water partition coefficient (Wildman–Crippen LogP) is 2.02. The van der Waals surface area contributed by atoms with Crippen molar-refractivity contribution in [2.75, 3.05) is 26.2 Å². The minimum absolute atomic E-state index is 0.0953. The molecule has 2 aliphatic heterocycles. The third-order valence-corrected chi connectivity index (χ3v) is 7.30. The summed E-state index contributed by atoms with van der Waals surface area (Å²) in [4.78, 5) is 28.8. The van der Waals surface area contributed by atoms with Crippen LogP contribution in [0.2, 0.25) is 0 Å². The normalized spacial score (nSPS) is 30.1. The van der Waals surface area contributed by atoms with Gasteiger partial charge < -0.3 is 15.3 Å². The van der Waals surface area contributed by atoms with Crippen LogP contribution in [-0.4, -0.2) is 65.0 Å². The van der Waals surface area contributed by atoms with Crippen LogP contribution in [0.15, 0.2) is 30.3 Å². The lowest BCUT2D eigenvalue weighted by Crippen LogP contribution is -2.48. The number of nitrogens with zero attached hydrogens (tertiary/aromatic N) is 2.